The number of carbonyl (C=O) groups is 1. The Hall–Kier alpha value is -0.370. The van der Waals surface area contributed by atoms with Crippen molar-refractivity contribution in [3.05, 3.63) is 6.92 Å². The SMILES string of the molecule is [CH2]CCC(N)C(C)C=O. The van der Waals surface area contributed by atoms with Gasteiger partial charge in [-0.05, 0) is 6.42 Å². The van der Waals surface area contributed by atoms with E-state index in [-0.39, 0.29) is 12.0 Å². The van der Waals surface area contributed by atoms with E-state index in [9.17, 15) is 4.79 Å². The third-order valence-electron chi connectivity index (χ3n) is 1.43. The molecule has 0 aromatic heterocycles. The summed E-state index contributed by atoms with van der Waals surface area (Å²) < 4.78 is 0. The highest BCUT2D eigenvalue weighted by molar-refractivity contribution is 5.53. The number of hydrogen-bond donors (Lipinski definition) is 1. The summed E-state index contributed by atoms with van der Waals surface area (Å²) in [5, 5.41) is 0. The Labute approximate surface area is 56.4 Å². The number of rotatable bonds is 4. The van der Waals surface area contributed by atoms with E-state index in [1.165, 1.54) is 0 Å². The summed E-state index contributed by atoms with van der Waals surface area (Å²) in [6, 6.07) is -0.000000000000000222. The van der Waals surface area contributed by atoms with Crippen LogP contribution in [0.4, 0.5) is 0 Å². The third kappa shape index (κ3) is 3.25. The Balaban J connectivity index is 3.44. The Kier molecular flexibility index (Phi) is 4.32. The summed E-state index contributed by atoms with van der Waals surface area (Å²) >= 11 is 0. The first-order chi connectivity index (χ1) is 4.22. The van der Waals surface area contributed by atoms with Crippen LogP contribution in [0.1, 0.15) is 19.8 Å². The van der Waals surface area contributed by atoms with E-state index in [1.54, 1.807) is 0 Å². The molecule has 0 amide bonds. The van der Waals surface area contributed by atoms with Crippen LogP contribution in [0.25, 0.3) is 0 Å². The Morgan fingerprint density at radius 2 is 2.33 bits per heavy atom. The topological polar surface area (TPSA) is 43.1 Å². The van der Waals surface area contributed by atoms with Gasteiger partial charge in [0.05, 0.1) is 0 Å². The summed E-state index contributed by atoms with van der Waals surface area (Å²) in [5.74, 6) is -0.0215. The van der Waals surface area contributed by atoms with Crippen LogP contribution in [0.2, 0.25) is 0 Å². The Bertz CT molecular complexity index is 83.0. The Morgan fingerprint density at radius 3 is 2.67 bits per heavy atom. The smallest absolute Gasteiger partial charge is 0.124 e. The second-order valence-electron chi connectivity index (χ2n) is 2.30. The van der Waals surface area contributed by atoms with Crippen LogP contribution in [0.5, 0.6) is 0 Å². The second-order valence-corrected chi connectivity index (χ2v) is 2.30. The molecule has 0 rings (SSSR count). The first-order valence-electron chi connectivity index (χ1n) is 3.22. The molecule has 0 bridgehead atoms. The largest absolute Gasteiger partial charge is 0.327 e. The fourth-order valence-corrected chi connectivity index (χ4v) is 0.600. The predicted octanol–water partition coefficient (Wildman–Crippen LogP) is 0.763. The lowest BCUT2D eigenvalue weighted by Crippen LogP contribution is -2.28. The van der Waals surface area contributed by atoms with E-state index in [2.05, 4.69) is 6.92 Å². The zero-order chi connectivity index (χ0) is 7.28. The molecular weight excluding hydrogens is 114 g/mol. The van der Waals surface area contributed by atoms with Gasteiger partial charge in [-0.15, -0.1) is 0 Å². The zero-order valence-corrected chi connectivity index (χ0v) is 5.84. The minimum absolute atomic E-state index is 0.000000000000000222. The van der Waals surface area contributed by atoms with Crippen molar-refractivity contribution >= 4 is 6.29 Å². The molecule has 0 heterocycles. The molecule has 0 aliphatic heterocycles. The summed E-state index contributed by atoms with van der Waals surface area (Å²) in [6.07, 6.45) is 2.53. The van der Waals surface area contributed by atoms with Crippen LogP contribution in [0.3, 0.4) is 0 Å². The van der Waals surface area contributed by atoms with Crippen LogP contribution < -0.4 is 5.73 Å². The summed E-state index contributed by atoms with van der Waals surface area (Å²) in [6.45, 7) is 5.47. The number of hydrogen-bond acceptors (Lipinski definition) is 2. The summed E-state index contributed by atoms with van der Waals surface area (Å²) in [5.41, 5.74) is 5.57. The molecule has 2 nitrogen and oxygen atoms in total. The van der Waals surface area contributed by atoms with E-state index in [0.717, 1.165) is 19.1 Å². The Morgan fingerprint density at radius 1 is 1.78 bits per heavy atom. The van der Waals surface area contributed by atoms with Gasteiger partial charge in [0, 0.05) is 12.0 Å². The van der Waals surface area contributed by atoms with Crippen LogP contribution in [-0.4, -0.2) is 12.3 Å². The van der Waals surface area contributed by atoms with Crippen LogP contribution in [0.15, 0.2) is 0 Å². The number of carbonyl (C=O) groups excluding carboxylic acids is 1. The van der Waals surface area contributed by atoms with Gasteiger partial charge in [-0.2, -0.15) is 0 Å². The molecule has 2 atom stereocenters. The molecule has 2 unspecified atom stereocenters. The van der Waals surface area contributed by atoms with E-state index >= 15 is 0 Å². The standard InChI is InChI=1S/C7H14NO/c1-3-4-7(8)6(2)5-9/h5-7H,1,3-4,8H2,2H3. The van der Waals surface area contributed by atoms with Crippen molar-refractivity contribution in [2.45, 2.75) is 25.8 Å². The average molecular weight is 128 g/mol. The molecular formula is C7H14NO. The van der Waals surface area contributed by atoms with Crippen LogP contribution in [0, 0.1) is 12.8 Å². The van der Waals surface area contributed by atoms with Gasteiger partial charge in [0.15, 0.2) is 0 Å². The first-order valence-corrected chi connectivity index (χ1v) is 3.22. The van der Waals surface area contributed by atoms with Gasteiger partial charge in [-0.25, -0.2) is 0 Å². The first kappa shape index (κ1) is 8.63. The molecule has 2 N–H and O–H groups in total. The van der Waals surface area contributed by atoms with E-state index in [1.807, 2.05) is 6.92 Å². The van der Waals surface area contributed by atoms with Crippen molar-refractivity contribution in [2.24, 2.45) is 11.7 Å². The van der Waals surface area contributed by atoms with Gasteiger partial charge in [-0.1, -0.05) is 20.3 Å². The molecule has 0 spiro atoms. The molecule has 2 heteroatoms. The van der Waals surface area contributed by atoms with Gasteiger partial charge in [0.1, 0.15) is 6.29 Å². The van der Waals surface area contributed by atoms with Gasteiger partial charge >= 0.3 is 0 Å². The van der Waals surface area contributed by atoms with Gasteiger partial charge in [0.25, 0.3) is 0 Å². The van der Waals surface area contributed by atoms with Crippen molar-refractivity contribution in [2.75, 3.05) is 0 Å². The normalized spacial score (nSPS) is 16.8. The van der Waals surface area contributed by atoms with Crippen molar-refractivity contribution < 1.29 is 4.79 Å². The fraction of sp³-hybridized carbons (Fsp3) is 0.714. The minimum atomic E-state index is -0.0215. The lowest BCUT2D eigenvalue weighted by atomic mass is 10.0. The summed E-state index contributed by atoms with van der Waals surface area (Å²) in [4.78, 5) is 10.1. The molecule has 53 valence electrons. The van der Waals surface area contributed by atoms with E-state index in [4.69, 9.17) is 5.73 Å². The molecule has 0 aliphatic rings. The highest BCUT2D eigenvalue weighted by Gasteiger charge is 2.08. The minimum Gasteiger partial charge on any atom is -0.327 e. The maximum absolute atomic E-state index is 10.1. The van der Waals surface area contributed by atoms with Crippen molar-refractivity contribution in [3.63, 3.8) is 0 Å². The number of nitrogens with two attached hydrogens (primary N) is 1. The lowest BCUT2D eigenvalue weighted by molar-refractivity contribution is -0.111. The quantitative estimate of drug-likeness (QED) is 0.568. The average Bonchev–Trinajstić information content (AvgIpc) is 1.87. The molecule has 0 aromatic rings. The molecule has 0 saturated heterocycles. The molecule has 0 fully saturated rings. The fourth-order valence-electron chi connectivity index (χ4n) is 0.600. The number of aldehydes is 1. The van der Waals surface area contributed by atoms with Gasteiger partial charge < -0.3 is 10.5 Å². The van der Waals surface area contributed by atoms with Crippen LogP contribution >= 0.6 is 0 Å². The second kappa shape index (κ2) is 4.50. The molecule has 0 aromatic carbocycles. The third-order valence-corrected chi connectivity index (χ3v) is 1.43. The monoisotopic (exact) mass is 128 g/mol. The molecule has 9 heavy (non-hydrogen) atoms. The van der Waals surface area contributed by atoms with Crippen molar-refractivity contribution in [3.8, 4) is 0 Å². The van der Waals surface area contributed by atoms with Crippen molar-refractivity contribution in [1.29, 1.82) is 0 Å². The maximum atomic E-state index is 10.1. The van der Waals surface area contributed by atoms with E-state index in [0.29, 0.717) is 0 Å². The lowest BCUT2D eigenvalue weighted by Gasteiger charge is -2.11. The van der Waals surface area contributed by atoms with E-state index < -0.39 is 0 Å². The van der Waals surface area contributed by atoms with Gasteiger partial charge in [-0.3, -0.25) is 0 Å². The highest BCUT2D eigenvalue weighted by Crippen LogP contribution is 2.02. The summed E-state index contributed by atoms with van der Waals surface area (Å²) in [7, 11) is 0. The van der Waals surface area contributed by atoms with Crippen molar-refractivity contribution in [1.82, 2.24) is 0 Å². The maximum Gasteiger partial charge on any atom is 0.124 e. The highest BCUT2D eigenvalue weighted by atomic mass is 16.1. The van der Waals surface area contributed by atoms with Crippen LogP contribution in [-0.2, 0) is 4.79 Å². The van der Waals surface area contributed by atoms with Gasteiger partial charge in [0.2, 0.25) is 0 Å². The molecule has 0 saturated carbocycles. The molecule has 1 radical (unpaired) electrons. The zero-order valence-electron chi connectivity index (χ0n) is 5.84. The predicted molar refractivity (Wildman–Crippen MR) is 37.8 cm³/mol. The molecule has 0 aliphatic carbocycles.